The van der Waals surface area contributed by atoms with Crippen LogP contribution in [0.25, 0.3) is 11.0 Å². The maximum atomic E-state index is 13.7. The highest BCUT2D eigenvalue weighted by Crippen LogP contribution is 2.38. The lowest BCUT2D eigenvalue weighted by atomic mass is 9.89. The molecule has 224 valence electrons. The van der Waals surface area contributed by atoms with Gasteiger partial charge in [-0.2, -0.15) is 0 Å². The highest BCUT2D eigenvalue weighted by molar-refractivity contribution is 6.36. The maximum absolute atomic E-state index is 13.7. The number of imide groups is 1. The van der Waals surface area contributed by atoms with Gasteiger partial charge in [-0.3, -0.25) is 23.6 Å². The van der Waals surface area contributed by atoms with Gasteiger partial charge < -0.3 is 14.4 Å². The number of aryl methyl sites for hydroxylation is 1. The van der Waals surface area contributed by atoms with E-state index in [1.54, 1.807) is 31.2 Å². The largest absolute Gasteiger partial charge is 0.497 e. The van der Waals surface area contributed by atoms with E-state index in [-0.39, 0.29) is 43.0 Å². The molecule has 3 heterocycles. The van der Waals surface area contributed by atoms with E-state index in [2.05, 4.69) is 0 Å². The molecule has 0 radical (unpaired) electrons. The molecule has 0 saturated carbocycles. The monoisotopic (exact) mass is 596 g/mol. The molecule has 42 heavy (non-hydrogen) atoms. The molecule has 3 amide bonds. The molecule has 2 saturated heterocycles. The minimum atomic E-state index is -0.823. The first-order valence-electron chi connectivity index (χ1n) is 14.2. The van der Waals surface area contributed by atoms with Gasteiger partial charge in [0.1, 0.15) is 17.4 Å². The highest BCUT2D eigenvalue weighted by atomic mass is 35.5. The summed E-state index contributed by atoms with van der Waals surface area (Å²) in [4.78, 5) is 55.5. The van der Waals surface area contributed by atoms with Crippen LogP contribution in [0.3, 0.4) is 0 Å². The third-order valence-corrected chi connectivity index (χ3v) is 8.49. The van der Waals surface area contributed by atoms with Crippen LogP contribution in [-0.2, 0) is 27.9 Å². The average Bonchev–Trinajstić information content (AvgIpc) is 3.21. The minimum absolute atomic E-state index is 0.105. The number of fused-ring (bicyclic) bond motifs is 1. The van der Waals surface area contributed by atoms with E-state index in [4.69, 9.17) is 21.1 Å². The molecule has 5 rings (SSSR count). The molecule has 0 spiro atoms. The number of halogens is 1. The normalized spacial score (nSPS) is 18.6. The number of hydrogen-bond donors (Lipinski definition) is 0. The highest BCUT2D eigenvalue weighted by Gasteiger charge is 2.38. The van der Waals surface area contributed by atoms with Crippen molar-refractivity contribution in [3.8, 4) is 5.75 Å². The summed E-state index contributed by atoms with van der Waals surface area (Å²) in [5, 5.41) is 0.469. The third-order valence-electron chi connectivity index (χ3n) is 8.09. The van der Waals surface area contributed by atoms with Gasteiger partial charge in [0.2, 0.25) is 5.91 Å². The van der Waals surface area contributed by atoms with Crippen LogP contribution in [0.5, 0.6) is 5.75 Å². The van der Waals surface area contributed by atoms with Crippen LogP contribution < -0.4 is 10.4 Å². The Labute approximate surface area is 249 Å². The van der Waals surface area contributed by atoms with Crippen molar-refractivity contribution in [3.05, 3.63) is 63.0 Å². The fourth-order valence-corrected chi connectivity index (χ4v) is 6.34. The average molecular weight is 597 g/mol. The Kier molecular flexibility index (Phi) is 8.11. The first-order chi connectivity index (χ1) is 19.9. The molecule has 2 aliphatic heterocycles. The molecule has 11 heteroatoms. The molecule has 3 aromatic rings. The molecule has 0 bridgehead atoms. The SMILES string of the molecule is COc1ccc(CN2C(=O)CCC(n3c(=O)n(C)c4c(Cl)c(C5CCN(C(=O)OC(C)(C)C)CC5)ccc43)C2=O)cc1. The van der Waals surface area contributed by atoms with Crippen LogP contribution in [0.1, 0.15) is 69.5 Å². The van der Waals surface area contributed by atoms with Crippen LogP contribution in [0, 0.1) is 0 Å². The number of imidazole rings is 1. The molecule has 2 aliphatic rings. The predicted octanol–water partition coefficient (Wildman–Crippen LogP) is 5.01. The van der Waals surface area contributed by atoms with Gasteiger partial charge >= 0.3 is 11.8 Å². The van der Waals surface area contributed by atoms with Crippen molar-refractivity contribution in [2.24, 2.45) is 7.05 Å². The molecule has 10 nitrogen and oxygen atoms in total. The molecule has 1 aromatic heterocycles. The number of benzene rings is 2. The number of nitrogens with zero attached hydrogens (tertiary/aromatic N) is 4. The van der Waals surface area contributed by atoms with Crippen molar-refractivity contribution in [1.29, 1.82) is 0 Å². The number of likely N-dealkylation sites (tertiary alicyclic amines) is 2. The van der Waals surface area contributed by atoms with Gasteiger partial charge in [-0.05, 0) is 75.3 Å². The Morgan fingerprint density at radius 1 is 1.00 bits per heavy atom. The van der Waals surface area contributed by atoms with Crippen molar-refractivity contribution in [2.45, 2.75) is 70.6 Å². The number of amides is 3. The van der Waals surface area contributed by atoms with Crippen molar-refractivity contribution in [2.75, 3.05) is 20.2 Å². The summed E-state index contributed by atoms with van der Waals surface area (Å²) in [5.74, 6) is 0.109. The van der Waals surface area contributed by atoms with Gasteiger partial charge in [0, 0.05) is 26.6 Å². The lowest BCUT2D eigenvalue weighted by molar-refractivity contribution is -0.151. The van der Waals surface area contributed by atoms with Gasteiger partial charge in [-0.25, -0.2) is 9.59 Å². The van der Waals surface area contributed by atoms with Gasteiger partial charge in [-0.1, -0.05) is 29.8 Å². The van der Waals surface area contributed by atoms with Gasteiger partial charge in [-0.15, -0.1) is 0 Å². The minimum Gasteiger partial charge on any atom is -0.497 e. The summed E-state index contributed by atoms with van der Waals surface area (Å²) in [6.45, 7) is 6.75. The van der Waals surface area contributed by atoms with Gasteiger partial charge in [0.15, 0.2) is 0 Å². The molecular weight excluding hydrogens is 560 g/mol. The lowest BCUT2D eigenvalue weighted by Gasteiger charge is -2.34. The Morgan fingerprint density at radius 2 is 1.67 bits per heavy atom. The molecule has 1 atom stereocenters. The first kappa shape index (κ1) is 29.7. The van der Waals surface area contributed by atoms with Crippen LogP contribution in [0.15, 0.2) is 41.2 Å². The van der Waals surface area contributed by atoms with E-state index in [9.17, 15) is 19.2 Å². The van der Waals surface area contributed by atoms with Crippen molar-refractivity contribution < 1.29 is 23.9 Å². The van der Waals surface area contributed by atoms with E-state index >= 15 is 0 Å². The van der Waals surface area contributed by atoms with Crippen molar-refractivity contribution in [1.82, 2.24) is 18.9 Å². The van der Waals surface area contributed by atoms with Crippen molar-refractivity contribution >= 4 is 40.5 Å². The zero-order chi connectivity index (χ0) is 30.3. The third kappa shape index (κ3) is 5.64. The predicted molar refractivity (Wildman–Crippen MR) is 159 cm³/mol. The summed E-state index contributed by atoms with van der Waals surface area (Å²) in [6, 6.07) is 10.1. The number of ether oxygens (including phenoxy) is 2. The first-order valence-corrected chi connectivity index (χ1v) is 14.6. The number of aromatic nitrogens is 2. The molecule has 2 aromatic carbocycles. The number of hydrogen-bond acceptors (Lipinski definition) is 6. The van der Waals surface area contributed by atoms with Crippen LogP contribution in [0.4, 0.5) is 4.79 Å². The van der Waals surface area contributed by atoms with Crippen molar-refractivity contribution in [3.63, 3.8) is 0 Å². The van der Waals surface area contributed by atoms with Gasteiger partial charge in [0.05, 0.1) is 29.7 Å². The zero-order valence-corrected chi connectivity index (χ0v) is 25.4. The fraction of sp³-hybridized carbons (Fsp3) is 0.484. The molecule has 0 aliphatic carbocycles. The Balaban J connectivity index is 1.39. The number of methoxy groups -OCH3 is 1. The van der Waals surface area contributed by atoms with E-state index in [1.807, 2.05) is 45.0 Å². The summed E-state index contributed by atoms with van der Waals surface area (Å²) in [7, 11) is 3.22. The molecule has 0 N–H and O–H groups in total. The van der Waals surface area contributed by atoms with E-state index < -0.39 is 17.6 Å². The Morgan fingerprint density at radius 3 is 2.29 bits per heavy atom. The van der Waals surface area contributed by atoms with Crippen LogP contribution in [-0.4, -0.2) is 62.6 Å². The number of rotatable bonds is 5. The van der Waals surface area contributed by atoms with Gasteiger partial charge in [0.25, 0.3) is 5.91 Å². The fourth-order valence-electron chi connectivity index (χ4n) is 5.90. The second-order valence-electron chi connectivity index (χ2n) is 12.0. The smallest absolute Gasteiger partial charge is 0.410 e. The second kappa shape index (κ2) is 11.5. The maximum Gasteiger partial charge on any atom is 0.410 e. The number of piperidine rings is 2. The number of carbonyl (C=O) groups excluding carboxylic acids is 3. The van der Waals surface area contributed by atoms with E-state index in [0.29, 0.717) is 47.7 Å². The topological polar surface area (TPSA) is 103 Å². The van der Waals surface area contributed by atoms with Crippen LogP contribution in [0.2, 0.25) is 5.02 Å². The summed E-state index contributed by atoms with van der Waals surface area (Å²) >= 11 is 6.97. The second-order valence-corrected chi connectivity index (χ2v) is 12.4. The van der Waals surface area contributed by atoms with Crippen LogP contribution >= 0.6 is 11.6 Å². The molecule has 2 fully saturated rings. The molecule has 1 unspecified atom stereocenters. The Bertz CT molecular complexity index is 1580. The summed E-state index contributed by atoms with van der Waals surface area (Å²) < 4.78 is 13.7. The Hall–Kier alpha value is -3.79. The zero-order valence-electron chi connectivity index (χ0n) is 24.7. The quantitative estimate of drug-likeness (QED) is 0.384. The number of carbonyl (C=O) groups is 3. The van der Waals surface area contributed by atoms with E-state index in [1.165, 1.54) is 14.0 Å². The summed E-state index contributed by atoms with van der Waals surface area (Å²) in [6.07, 6.45) is 1.49. The standard InChI is InChI=1S/C31H37ClN4O6/c1-31(2,3)42-30(40)34-16-14-20(15-17-34)22-10-11-23-27(26(22)32)33(4)29(39)36(23)24-12-13-25(37)35(28(24)38)18-19-6-8-21(41-5)9-7-19/h6-11,20,24H,12-18H2,1-5H3. The molecular formula is C31H37ClN4O6. The summed E-state index contributed by atoms with van der Waals surface area (Å²) in [5.41, 5.74) is 1.89. The van der Waals surface area contributed by atoms with E-state index in [0.717, 1.165) is 11.1 Å². The lowest BCUT2D eigenvalue weighted by Crippen LogP contribution is -2.47.